The standard InChI is InChI=1S/C14H16O6S/c1-20-12-8-11(15)10(7-13(12)21(17,18)19)14(16)9-5-3-2-4-6-9/h2-7,10-12,15H,8H2,1H3,(H,17,18,19). The van der Waals surface area contributed by atoms with Crippen LogP contribution in [0.4, 0.5) is 0 Å². The number of aliphatic hydroxyl groups excluding tert-OH is 1. The van der Waals surface area contributed by atoms with Gasteiger partial charge in [0.1, 0.15) is 0 Å². The highest BCUT2D eigenvalue weighted by molar-refractivity contribution is 7.89. The van der Waals surface area contributed by atoms with Gasteiger partial charge in [-0.05, 0) is 0 Å². The SMILES string of the molecule is COC1CC(O)C(C(=O)c2ccccc2)C=C1S(=O)(=O)O. The van der Waals surface area contributed by atoms with Crippen LogP contribution in [0.15, 0.2) is 41.3 Å². The molecular weight excluding hydrogens is 296 g/mol. The van der Waals surface area contributed by atoms with Crippen LogP contribution in [0.25, 0.3) is 0 Å². The molecule has 6 nitrogen and oxygen atoms in total. The number of rotatable bonds is 4. The first kappa shape index (κ1) is 15.8. The van der Waals surface area contributed by atoms with Crippen LogP contribution in [0, 0.1) is 5.92 Å². The molecule has 0 aromatic heterocycles. The normalized spacial score (nSPS) is 26.2. The van der Waals surface area contributed by atoms with E-state index in [0.717, 1.165) is 6.08 Å². The molecule has 2 N–H and O–H groups in total. The van der Waals surface area contributed by atoms with E-state index >= 15 is 0 Å². The van der Waals surface area contributed by atoms with Crippen LogP contribution in [0.2, 0.25) is 0 Å². The summed E-state index contributed by atoms with van der Waals surface area (Å²) in [5.41, 5.74) is 0.364. The van der Waals surface area contributed by atoms with E-state index in [1.54, 1.807) is 30.3 Å². The lowest BCUT2D eigenvalue weighted by atomic mass is 9.85. The molecule has 0 bridgehead atoms. The van der Waals surface area contributed by atoms with Gasteiger partial charge in [0.25, 0.3) is 10.1 Å². The molecule has 0 fully saturated rings. The zero-order valence-electron chi connectivity index (χ0n) is 11.3. The third kappa shape index (κ3) is 3.38. The highest BCUT2D eigenvalue weighted by atomic mass is 32.2. The Labute approximate surface area is 122 Å². The van der Waals surface area contributed by atoms with Gasteiger partial charge in [0.15, 0.2) is 5.78 Å². The number of methoxy groups -OCH3 is 1. The van der Waals surface area contributed by atoms with E-state index in [0.29, 0.717) is 5.56 Å². The van der Waals surface area contributed by atoms with Crippen LogP contribution < -0.4 is 0 Å². The molecule has 1 aliphatic rings. The van der Waals surface area contributed by atoms with E-state index in [2.05, 4.69) is 0 Å². The van der Waals surface area contributed by atoms with Gasteiger partial charge in [0, 0.05) is 19.1 Å². The Bertz CT molecular complexity index is 649. The van der Waals surface area contributed by atoms with Gasteiger partial charge in [-0.3, -0.25) is 9.35 Å². The molecule has 1 aliphatic carbocycles. The number of hydrogen-bond donors (Lipinski definition) is 2. The van der Waals surface area contributed by atoms with E-state index in [1.807, 2.05) is 0 Å². The second-order valence-electron chi connectivity index (χ2n) is 4.83. The van der Waals surface area contributed by atoms with Crippen LogP contribution in [-0.2, 0) is 14.9 Å². The average molecular weight is 312 g/mol. The average Bonchev–Trinajstić information content (AvgIpc) is 2.45. The maximum Gasteiger partial charge on any atom is 0.292 e. The quantitative estimate of drug-likeness (QED) is 0.636. The van der Waals surface area contributed by atoms with Crippen molar-refractivity contribution in [3.8, 4) is 0 Å². The Morgan fingerprint density at radius 3 is 2.43 bits per heavy atom. The van der Waals surface area contributed by atoms with Crippen molar-refractivity contribution in [3.63, 3.8) is 0 Å². The lowest BCUT2D eigenvalue weighted by Gasteiger charge is -2.29. The predicted molar refractivity (Wildman–Crippen MR) is 75.3 cm³/mol. The van der Waals surface area contributed by atoms with Crippen molar-refractivity contribution in [1.82, 2.24) is 0 Å². The molecule has 3 unspecified atom stereocenters. The van der Waals surface area contributed by atoms with Crippen molar-refractivity contribution in [2.75, 3.05) is 7.11 Å². The van der Waals surface area contributed by atoms with E-state index in [4.69, 9.17) is 4.74 Å². The zero-order valence-corrected chi connectivity index (χ0v) is 12.2. The number of carbonyl (C=O) groups excluding carboxylic acids is 1. The van der Waals surface area contributed by atoms with Gasteiger partial charge in [-0.15, -0.1) is 0 Å². The summed E-state index contributed by atoms with van der Waals surface area (Å²) in [5, 5.41) is 10.1. The Kier molecular flexibility index (Phi) is 4.58. The largest absolute Gasteiger partial charge is 0.392 e. The molecule has 0 heterocycles. The molecule has 1 aromatic rings. The first-order valence-electron chi connectivity index (χ1n) is 6.34. The van der Waals surface area contributed by atoms with E-state index in [-0.39, 0.29) is 11.3 Å². The Hall–Kier alpha value is -1.54. The van der Waals surface area contributed by atoms with Gasteiger partial charge < -0.3 is 9.84 Å². The number of hydrogen-bond acceptors (Lipinski definition) is 5. The molecule has 3 atom stereocenters. The van der Waals surface area contributed by atoms with Gasteiger partial charge in [-0.1, -0.05) is 36.4 Å². The number of carbonyl (C=O) groups is 1. The van der Waals surface area contributed by atoms with E-state index in [9.17, 15) is 22.9 Å². The Balaban J connectivity index is 2.41. The number of Topliss-reactive ketones (excluding diaryl/α,β-unsaturated/α-hetero) is 1. The van der Waals surface area contributed by atoms with Crippen molar-refractivity contribution in [2.24, 2.45) is 5.92 Å². The van der Waals surface area contributed by atoms with Gasteiger partial charge >= 0.3 is 0 Å². The number of aliphatic hydroxyl groups is 1. The molecule has 0 aliphatic heterocycles. The third-order valence-electron chi connectivity index (χ3n) is 3.47. The second-order valence-corrected chi connectivity index (χ2v) is 6.25. The third-order valence-corrected chi connectivity index (χ3v) is 4.47. The first-order valence-corrected chi connectivity index (χ1v) is 7.78. The number of benzene rings is 1. The van der Waals surface area contributed by atoms with Crippen LogP contribution in [0.3, 0.4) is 0 Å². The van der Waals surface area contributed by atoms with Gasteiger partial charge in [0.05, 0.1) is 23.0 Å². The van der Waals surface area contributed by atoms with Crippen molar-refractivity contribution >= 4 is 15.9 Å². The molecule has 0 saturated carbocycles. The molecule has 7 heteroatoms. The van der Waals surface area contributed by atoms with Gasteiger partial charge in [0.2, 0.25) is 0 Å². The van der Waals surface area contributed by atoms with Gasteiger partial charge in [-0.2, -0.15) is 8.42 Å². The summed E-state index contributed by atoms with van der Waals surface area (Å²) in [6.45, 7) is 0. The lowest BCUT2D eigenvalue weighted by molar-refractivity contribution is 0.0361. The fraction of sp³-hybridized carbons (Fsp3) is 0.357. The molecule has 0 spiro atoms. The fourth-order valence-corrected chi connectivity index (χ4v) is 3.23. The van der Waals surface area contributed by atoms with Crippen molar-refractivity contribution in [3.05, 3.63) is 46.9 Å². The summed E-state index contributed by atoms with van der Waals surface area (Å²) < 4.78 is 36.9. The summed E-state index contributed by atoms with van der Waals surface area (Å²) in [4.78, 5) is 12.0. The lowest BCUT2D eigenvalue weighted by Crippen LogP contribution is -2.38. The van der Waals surface area contributed by atoms with Crippen LogP contribution in [-0.4, -0.2) is 43.2 Å². The van der Waals surface area contributed by atoms with E-state index in [1.165, 1.54) is 7.11 Å². The molecule has 1 aromatic carbocycles. The Morgan fingerprint density at radius 2 is 1.90 bits per heavy atom. The molecule has 114 valence electrons. The van der Waals surface area contributed by atoms with Crippen molar-refractivity contribution < 1.29 is 27.6 Å². The summed E-state index contributed by atoms with van der Waals surface area (Å²) in [6, 6.07) is 8.26. The minimum absolute atomic E-state index is 0.0780. The number of ketones is 1. The molecule has 2 rings (SSSR count). The highest BCUT2D eigenvalue weighted by Crippen LogP contribution is 2.30. The van der Waals surface area contributed by atoms with Crippen LogP contribution in [0.5, 0.6) is 0 Å². The molecule has 21 heavy (non-hydrogen) atoms. The smallest absolute Gasteiger partial charge is 0.292 e. The zero-order chi connectivity index (χ0) is 15.6. The fourth-order valence-electron chi connectivity index (χ4n) is 2.39. The molecule has 0 amide bonds. The topological polar surface area (TPSA) is 101 Å². The Morgan fingerprint density at radius 1 is 1.29 bits per heavy atom. The van der Waals surface area contributed by atoms with Crippen LogP contribution in [0.1, 0.15) is 16.8 Å². The molecule has 0 saturated heterocycles. The maximum atomic E-state index is 12.4. The molecule has 0 radical (unpaired) electrons. The van der Waals surface area contributed by atoms with Crippen molar-refractivity contribution in [1.29, 1.82) is 0 Å². The molecular formula is C14H16O6S. The highest BCUT2D eigenvalue weighted by Gasteiger charge is 2.38. The van der Waals surface area contributed by atoms with Gasteiger partial charge in [-0.25, -0.2) is 0 Å². The summed E-state index contributed by atoms with van der Waals surface area (Å²) in [6.07, 6.45) is -1.04. The summed E-state index contributed by atoms with van der Waals surface area (Å²) >= 11 is 0. The summed E-state index contributed by atoms with van der Waals surface area (Å²) in [5.74, 6) is -1.44. The monoisotopic (exact) mass is 312 g/mol. The first-order chi connectivity index (χ1) is 9.84. The van der Waals surface area contributed by atoms with Crippen LogP contribution >= 0.6 is 0 Å². The minimum atomic E-state index is -4.49. The van der Waals surface area contributed by atoms with Crippen molar-refractivity contribution in [2.45, 2.75) is 18.6 Å². The van der Waals surface area contributed by atoms with E-state index < -0.39 is 34.0 Å². The summed E-state index contributed by atoms with van der Waals surface area (Å²) in [7, 11) is -3.21. The minimum Gasteiger partial charge on any atom is -0.392 e. The number of ether oxygens (including phenoxy) is 1. The second kappa shape index (κ2) is 6.07. The maximum absolute atomic E-state index is 12.4. The predicted octanol–water partition coefficient (Wildman–Crippen LogP) is 1.04.